The van der Waals surface area contributed by atoms with E-state index in [-0.39, 0.29) is 35.7 Å². The van der Waals surface area contributed by atoms with Crippen LogP contribution in [0.1, 0.15) is 79.2 Å². The van der Waals surface area contributed by atoms with Gasteiger partial charge < -0.3 is 9.63 Å². The molecule has 1 atom stereocenters. The lowest BCUT2D eigenvalue weighted by Gasteiger charge is -2.20. The Kier molecular flexibility index (Phi) is 6.16. The van der Waals surface area contributed by atoms with Crippen LogP contribution in [-0.2, 0) is 17.6 Å². The number of benzene rings is 1. The Morgan fingerprint density at radius 2 is 1.94 bits per heavy atom. The first-order valence-corrected chi connectivity index (χ1v) is 11.0. The molecule has 1 unspecified atom stereocenters. The molecule has 2 aliphatic rings. The van der Waals surface area contributed by atoms with E-state index in [9.17, 15) is 14.7 Å². The monoisotopic (exact) mass is 420 g/mol. The summed E-state index contributed by atoms with van der Waals surface area (Å²) in [6.07, 6.45) is 3.51. The van der Waals surface area contributed by atoms with E-state index in [1.165, 1.54) is 0 Å². The molecule has 4 rings (SSSR count). The number of hydrogen-bond donors (Lipinski definition) is 1. The number of nitrogens with zero attached hydrogens (tertiary/aromatic N) is 2. The third-order valence-electron chi connectivity index (χ3n) is 5.93. The number of Topliss-reactive ketones (excluding diaryl/α,β-unsaturated/α-hetero) is 2. The molecule has 0 amide bonds. The predicted molar refractivity (Wildman–Crippen MR) is 118 cm³/mol. The van der Waals surface area contributed by atoms with Gasteiger partial charge in [-0.2, -0.15) is 0 Å². The number of ketones is 2. The average Bonchev–Trinajstić information content (AvgIpc) is 3.16. The van der Waals surface area contributed by atoms with Gasteiger partial charge in [0, 0.05) is 43.9 Å². The summed E-state index contributed by atoms with van der Waals surface area (Å²) in [5.41, 5.74) is 3.27. The minimum atomic E-state index is -0.0629. The van der Waals surface area contributed by atoms with Crippen molar-refractivity contribution in [3.05, 3.63) is 64.2 Å². The molecule has 0 saturated heterocycles. The number of aromatic nitrogens is 1. The zero-order chi connectivity index (χ0) is 22.0. The van der Waals surface area contributed by atoms with E-state index >= 15 is 0 Å². The van der Waals surface area contributed by atoms with E-state index in [1.54, 1.807) is 0 Å². The number of rotatable bonds is 5. The van der Waals surface area contributed by atoms with Crippen molar-refractivity contribution in [1.29, 1.82) is 0 Å². The topological polar surface area (TPSA) is 92.8 Å². The zero-order valence-electron chi connectivity index (χ0n) is 18.1. The van der Waals surface area contributed by atoms with E-state index < -0.39 is 0 Å². The minimum Gasteiger partial charge on any atom is -0.511 e. The summed E-state index contributed by atoms with van der Waals surface area (Å²) in [4.78, 5) is 29.9. The molecule has 2 aromatic rings. The minimum absolute atomic E-state index is 0.0225. The van der Waals surface area contributed by atoms with Crippen LogP contribution in [0.4, 0.5) is 0 Å². The summed E-state index contributed by atoms with van der Waals surface area (Å²) < 4.78 is 5.52. The normalized spacial score (nSPS) is 22.2. The first kappa shape index (κ1) is 21.2. The number of fused-ring (bicyclic) bond motifs is 1. The summed E-state index contributed by atoms with van der Waals surface area (Å²) in [5, 5.41) is 14.9. The quantitative estimate of drug-likeness (QED) is 0.547. The van der Waals surface area contributed by atoms with Gasteiger partial charge in [-0.15, -0.1) is 0 Å². The Hall–Kier alpha value is -3.02. The van der Waals surface area contributed by atoms with Gasteiger partial charge in [0.1, 0.15) is 11.5 Å². The van der Waals surface area contributed by atoms with Crippen LogP contribution in [0.25, 0.3) is 0 Å². The molecule has 1 N–H and O–H groups in total. The van der Waals surface area contributed by atoms with Crippen LogP contribution in [0.2, 0.25) is 0 Å². The number of aliphatic hydroxyl groups excluding tert-OH is 1. The fourth-order valence-corrected chi connectivity index (χ4v) is 4.53. The number of hydrogen-bond acceptors (Lipinski definition) is 6. The lowest BCUT2D eigenvalue weighted by Crippen LogP contribution is -2.22. The molecule has 6 heteroatoms. The van der Waals surface area contributed by atoms with Crippen LogP contribution in [-0.4, -0.2) is 33.6 Å². The van der Waals surface area contributed by atoms with Crippen molar-refractivity contribution in [1.82, 2.24) is 5.16 Å². The van der Waals surface area contributed by atoms with Gasteiger partial charge in [-0.1, -0.05) is 35.5 Å². The zero-order valence-corrected chi connectivity index (χ0v) is 18.1. The van der Waals surface area contributed by atoms with Crippen LogP contribution in [0.15, 0.2) is 51.2 Å². The Labute approximate surface area is 182 Å². The van der Waals surface area contributed by atoms with E-state index in [0.29, 0.717) is 60.4 Å². The molecule has 162 valence electrons. The fourth-order valence-electron chi connectivity index (χ4n) is 4.53. The Balaban J connectivity index is 1.53. The maximum Gasteiger partial charge on any atom is 0.168 e. The van der Waals surface area contributed by atoms with Crippen LogP contribution in [0.3, 0.4) is 0 Å². The van der Waals surface area contributed by atoms with Crippen LogP contribution in [0.5, 0.6) is 0 Å². The Morgan fingerprint density at radius 1 is 1.16 bits per heavy atom. The van der Waals surface area contributed by atoms with Crippen LogP contribution < -0.4 is 0 Å². The third kappa shape index (κ3) is 4.53. The predicted octanol–water partition coefficient (Wildman–Crippen LogP) is 4.93. The molecular weight excluding hydrogens is 392 g/mol. The molecular formula is C25H28N2O4. The lowest BCUT2D eigenvalue weighted by molar-refractivity contribution is -0.115. The number of carbonyl (C=O) groups excluding carboxylic acids is 2. The molecule has 0 spiro atoms. The number of carbonyl (C=O) groups is 2. The van der Waals surface area contributed by atoms with Crippen molar-refractivity contribution in [3.63, 3.8) is 0 Å². The molecule has 1 aromatic heterocycles. The van der Waals surface area contributed by atoms with Crippen molar-refractivity contribution in [3.8, 4) is 0 Å². The highest BCUT2D eigenvalue weighted by molar-refractivity contribution is 6.24. The highest BCUT2D eigenvalue weighted by atomic mass is 16.5. The number of allylic oxidation sites excluding steroid dienone is 2. The summed E-state index contributed by atoms with van der Waals surface area (Å²) in [6.45, 7) is 3.91. The molecule has 0 aliphatic heterocycles. The Morgan fingerprint density at radius 3 is 2.68 bits per heavy atom. The molecule has 1 aromatic carbocycles. The molecule has 0 radical (unpaired) electrons. The van der Waals surface area contributed by atoms with Gasteiger partial charge in [-0.05, 0) is 38.2 Å². The highest BCUT2D eigenvalue weighted by Gasteiger charge is 2.33. The second-order valence-electron chi connectivity index (χ2n) is 8.63. The van der Waals surface area contributed by atoms with E-state index in [4.69, 9.17) is 4.52 Å². The molecule has 1 saturated carbocycles. The van der Waals surface area contributed by atoms with Crippen molar-refractivity contribution in [2.75, 3.05) is 0 Å². The van der Waals surface area contributed by atoms with Gasteiger partial charge in [0.25, 0.3) is 0 Å². The van der Waals surface area contributed by atoms with Crippen molar-refractivity contribution in [2.45, 2.75) is 70.8 Å². The summed E-state index contributed by atoms with van der Waals surface area (Å²) in [5.74, 6) is 0.697. The number of aliphatic imine (C=N–C) groups is 1. The maximum atomic E-state index is 12.9. The fraction of sp³-hybridized carbons (Fsp3) is 0.440. The highest BCUT2D eigenvalue weighted by Crippen LogP contribution is 2.35. The third-order valence-corrected chi connectivity index (χ3v) is 5.93. The molecule has 1 heterocycles. The van der Waals surface area contributed by atoms with E-state index in [0.717, 1.165) is 12.0 Å². The SMILES string of the molecule is CC(C)N=C1CCCC(=O)C1=C(O)CCc1noc2c1C(=O)CC(c1ccccc1)C2. The molecule has 0 bridgehead atoms. The molecule has 2 aliphatic carbocycles. The van der Waals surface area contributed by atoms with Crippen molar-refractivity contribution in [2.24, 2.45) is 4.99 Å². The number of aliphatic hydroxyl groups is 1. The van der Waals surface area contributed by atoms with Gasteiger partial charge in [0.05, 0.1) is 16.8 Å². The summed E-state index contributed by atoms with van der Waals surface area (Å²) in [7, 11) is 0. The lowest BCUT2D eigenvalue weighted by atomic mass is 9.81. The second kappa shape index (κ2) is 9.00. The van der Waals surface area contributed by atoms with Gasteiger partial charge in [-0.25, -0.2) is 0 Å². The van der Waals surface area contributed by atoms with Crippen LogP contribution in [0, 0.1) is 0 Å². The first-order chi connectivity index (χ1) is 14.9. The van der Waals surface area contributed by atoms with Gasteiger partial charge in [0.2, 0.25) is 0 Å². The first-order valence-electron chi connectivity index (χ1n) is 11.0. The average molecular weight is 421 g/mol. The van der Waals surface area contributed by atoms with Crippen LogP contribution >= 0.6 is 0 Å². The largest absolute Gasteiger partial charge is 0.511 e. The van der Waals surface area contributed by atoms with E-state index in [2.05, 4.69) is 10.1 Å². The second-order valence-corrected chi connectivity index (χ2v) is 8.63. The smallest absolute Gasteiger partial charge is 0.168 e. The van der Waals surface area contributed by atoms with E-state index in [1.807, 2.05) is 44.2 Å². The molecule has 31 heavy (non-hydrogen) atoms. The standard InChI is InChI=1S/C25H28N2O4/c1-15(2)26-18-9-6-10-20(28)24(18)21(29)12-11-19-25-22(30)13-17(14-23(25)31-27-19)16-7-4-3-5-8-16/h3-5,7-8,15,17,29H,6,9-14H2,1-2H3. The maximum absolute atomic E-state index is 12.9. The Bertz CT molecular complexity index is 1050. The number of aryl methyl sites for hydroxylation is 1. The summed E-state index contributed by atoms with van der Waals surface area (Å²) >= 11 is 0. The van der Waals surface area contributed by atoms with Gasteiger partial charge in [-0.3, -0.25) is 14.6 Å². The summed E-state index contributed by atoms with van der Waals surface area (Å²) in [6, 6.07) is 10.0. The van der Waals surface area contributed by atoms with Gasteiger partial charge >= 0.3 is 0 Å². The van der Waals surface area contributed by atoms with Crippen molar-refractivity contribution >= 4 is 17.3 Å². The van der Waals surface area contributed by atoms with Crippen molar-refractivity contribution < 1.29 is 19.2 Å². The molecule has 1 fully saturated rings. The molecule has 6 nitrogen and oxygen atoms in total. The van der Waals surface area contributed by atoms with Gasteiger partial charge in [0.15, 0.2) is 11.6 Å².